The van der Waals surface area contributed by atoms with E-state index in [2.05, 4.69) is 15.7 Å². The van der Waals surface area contributed by atoms with Crippen LogP contribution in [0.1, 0.15) is 21.6 Å². The van der Waals surface area contributed by atoms with Gasteiger partial charge in [0.05, 0.1) is 17.9 Å². The fraction of sp³-hybridized carbons (Fsp3) is 0.115. The van der Waals surface area contributed by atoms with E-state index in [0.29, 0.717) is 16.4 Å². The summed E-state index contributed by atoms with van der Waals surface area (Å²) in [6, 6.07) is 24.1. The molecule has 0 atom stereocenters. The minimum Gasteiger partial charge on any atom is -0.342 e. The Morgan fingerprint density at radius 3 is 2.24 bits per heavy atom. The Bertz CT molecular complexity index is 1280. The average Bonchev–Trinajstić information content (AvgIpc) is 3.27. The van der Waals surface area contributed by atoms with Crippen molar-refractivity contribution in [3.8, 4) is 16.9 Å². The van der Waals surface area contributed by atoms with Crippen molar-refractivity contribution in [2.24, 2.45) is 0 Å². The summed E-state index contributed by atoms with van der Waals surface area (Å²) < 4.78 is 1.57. The minimum atomic E-state index is -0.400. The zero-order chi connectivity index (χ0) is 23.4. The molecule has 1 heterocycles. The molecule has 0 unspecified atom stereocenters. The molecule has 0 saturated carbocycles. The van der Waals surface area contributed by atoms with Crippen molar-refractivity contribution in [2.75, 3.05) is 11.9 Å². The average molecular weight is 459 g/mol. The molecule has 33 heavy (non-hydrogen) atoms. The Kier molecular flexibility index (Phi) is 6.56. The summed E-state index contributed by atoms with van der Waals surface area (Å²) in [5, 5.41) is 10.8. The molecule has 0 aliphatic rings. The van der Waals surface area contributed by atoms with E-state index in [1.807, 2.05) is 74.5 Å². The monoisotopic (exact) mass is 458 g/mol. The third-order valence-electron chi connectivity index (χ3n) is 5.24. The second-order valence-electron chi connectivity index (χ2n) is 7.67. The van der Waals surface area contributed by atoms with E-state index in [9.17, 15) is 9.59 Å². The van der Waals surface area contributed by atoms with Gasteiger partial charge in [0.2, 0.25) is 5.91 Å². The van der Waals surface area contributed by atoms with Crippen LogP contribution in [-0.4, -0.2) is 28.1 Å². The van der Waals surface area contributed by atoms with Crippen LogP contribution in [0.2, 0.25) is 5.02 Å². The summed E-state index contributed by atoms with van der Waals surface area (Å²) in [6.45, 7) is 3.69. The molecule has 0 fully saturated rings. The van der Waals surface area contributed by atoms with Gasteiger partial charge in [-0.25, -0.2) is 4.68 Å². The lowest BCUT2D eigenvalue weighted by atomic mass is 10.1. The molecule has 1 aromatic heterocycles. The Morgan fingerprint density at radius 2 is 1.58 bits per heavy atom. The number of benzene rings is 3. The maximum absolute atomic E-state index is 13.1. The van der Waals surface area contributed by atoms with Crippen molar-refractivity contribution in [2.45, 2.75) is 13.8 Å². The van der Waals surface area contributed by atoms with Gasteiger partial charge in [-0.1, -0.05) is 60.1 Å². The molecular weight excluding hydrogens is 436 g/mol. The molecule has 166 valence electrons. The van der Waals surface area contributed by atoms with Gasteiger partial charge in [-0.2, -0.15) is 5.10 Å². The van der Waals surface area contributed by atoms with E-state index < -0.39 is 5.91 Å². The second-order valence-corrected chi connectivity index (χ2v) is 8.10. The van der Waals surface area contributed by atoms with Crippen molar-refractivity contribution >= 4 is 29.1 Å². The highest BCUT2D eigenvalue weighted by molar-refractivity contribution is 6.30. The number of halogens is 1. The molecule has 0 spiro atoms. The Balaban J connectivity index is 1.56. The second kappa shape index (κ2) is 9.71. The highest BCUT2D eigenvalue weighted by Crippen LogP contribution is 2.23. The van der Waals surface area contributed by atoms with Crippen molar-refractivity contribution in [1.82, 2.24) is 15.1 Å². The van der Waals surface area contributed by atoms with Crippen LogP contribution < -0.4 is 10.6 Å². The number of carbonyl (C=O) groups is 2. The van der Waals surface area contributed by atoms with Crippen LogP contribution in [0.5, 0.6) is 0 Å². The largest absolute Gasteiger partial charge is 0.342 e. The fourth-order valence-electron chi connectivity index (χ4n) is 3.52. The number of nitrogens with zero attached hydrogens (tertiary/aromatic N) is 2. The van der Waals surface area contributed by atoms with E-state index in [-0.39, 0.29) is 12.5 Å². The van der Waals surface area contributed by atoms with E-state index >= 15 is 0 Å². The molecule has 0 bridgehead atoms. The highest BCUT2D eigenvalue weighted by Gasteiger charge is 2.18. The van der Waals surface area contributed by atoms with Gasteiger partial charge in [0.1, 0.15) is 5.69 Å². The Morgan fingerprint density at radius 1 is 0.909 bits per heavy atom. The molecular formula is C26H23ClN4O2. The number of rotatable bonds is 6. The number of aromatic nitrogens is 2. The Hall–Kier alpha value is -3.90. The van der Waals surface area contributed by atoms with Gasteiger partial charge in [0, 0.05) is 16.3 Å². The van der Waals surface area contributed by atoms with Gasteiger partial charge in [-0.15, -0.1) is 0 Å². The summed E-state index contributed by atoms with van der Waals surface area (Å²) in [5.41, 5.74) is 5.20. The lowest BCUT2D eigenvalue weighted by Gasteiger charge is -2.12. The molecule has 0 saturated heterocycles. The van der Waals surface area contributed by atoms with Crippen LogP contribution in [0, 0.1) is 13.8 Å². The predicted octanol–water partition coefficient (Wildman–Crippen LogP) is 5.18. The lowest BCUT2D eigenvalue weighted by molar-refractivity contribution is -0.115. The SMILES string of the molecule is Cc1cccc(C)c1NC(=O)CNC(=O)c1cc(-c2ccc(Cl)cc2)nn1-c1ccccc1. The number of hydrogen-bond acceptors (Lipinski definition) is 3. The smallest absolute Gasteiger partial charge is 0.270 e. The van der Waals surface area contributed by atoms with Gasteiger partial charge in [0.25, 0.3) is 5.91 Å². The first kappa shape index (κ1) is 22.3. The number of carbonyl (C=O) groups excluding carboxylic acids is 2. The first-order chi connectivity index (χ1) is 15.9. The highest BCUT2D eigenvalue weighted by atomic mass is 35.5. The van der Waals surface area contributed by atoms with Gasteiger partial charge in [-0.3, -0.25) is 9.59 Å². The van der Waals surface area contributed by atoms with E-state index in [1.54, 1.807) is 22.9 Å². The summed E-state index contributed by atoms with van der Waals surface area (Å²) in [5.74, 6) is -0.701. The number of aryl methyl sites for hydroxylation is 2. The van der Waals surface area contributed by atoms with Crippen molar-refractivity contribution in [1.29, 1.82) is 0 Å². The van der Waals surface area contributed by atoms with Crippen LogP contribution >= 0.6 is 11.6 Å². The number of para-hydroxylation sites is 2. The molecule has 4 aromatic rings. The molecule has 0 aliphatic carbocycles. The normalized spacial score (nSPS) is 10.6. The number of nitrogens with one attached hydrogen (secondary N) is 2. The third-order valence-corrected chi connectivity index (χ3v) is 5.49. The standard InChI is InChI=1S/C26H23ClN4O2/c1-17-7-6-8-18(2)25(17)29-24(32)16-28-26(33)23-15-22(19-11-13-20(27)14-12-19)30-31(23)21-9-4-3-5-10-21/h3-15H,16H2,1-2H3,(H,28,33)(H,29,32). The van der Waals surface area contributed by atoms with Crippen LogP contribution in [0.4, 0.5) is 5.69 Å². The van der Waals surface area contributed by atoms with Crippen LogP contribution in [0.3, 0.4) is 0 Å². The molecule has 7 heteroatoms. The predicted molar refractivity (Wildman–Crippen MR) is 131 cm³/mol. The summed E-state index contributed by atoms with van der Waals surface area (Å²) in [6.07, 6.45) is 0. The fourth-order valence-corrected chi connectivity index (χ4v) is 3.64. The van der Waals surface area contributed by atoms with Crippen molar-refractivity contribution in [3.63, 3.8) is 0 Å². The first-order valence-corrected chi connectivity index (χ1v) is 10.9. The summed E-state index contributed by atoms with van der Waals surface area (Å²) in [4.78, 5) is 25.6. The maximum atomic E-state index is 13.1. The number of anilines is 1. The Labute approximate surface area is 197 Å². The quantitative estimate of drug-likeness (QED) is 0.418. The van der Waals surface area contributed by atoms with Crippen LogP contribution in [0.25, 0.3) is 16.9 Å². The van der Waals surface area contributed by atoms with Gasteiger partial charge >= 0.3 is 0 Å². The number of hydrogen-bond donors (Lipinski definition) is 2. The molecule has 2 amide bonds. The van der Waals surface area contributed by atoms with Crippen LogP contribution in [0.15, 0.2) is 78.9 Å². The summed E-state index contributed by atoms with van der Waals surface area (Å²) >= 11 is 6.00. The number of amides is 2. The molecule has 6 nitrogen and oxygen atoms in total. The lowest BCUT2D eigenvalue weighted by Crippen LogP contribution is -2.34. The van der Waals surface area contributed by atoms with Gasteiger partial charge < -0.3 is 10.6 Å². The van der Waals surface area contributed by atoms with E-state index in [4.69, 9.17) is 11.6 Å². The van der Waals surface area contributed by atoms with Gasteiger partial charge in [-0.05, 0) is 55.3 Å². The van der Waals surface area contributed by atoms with E-state index in [1.165, 1.54) is 0 Å². The van der Waals surface area contributed by atoms with Crippen LogP contribution in [-0.2, 0) is 4.79 Å². The van der Waals surface area contributed by atoms with Crippen molar-refractivity contribution < 1.29 is 9.59 Å². The van der Waals surface area contributed by atoms with Gasteiger partial charge in [0.15, 0.2) is 0 Å². The van der Waals surface area contributed by atoms with E-state index in [0.717, 1.165) is 28.1 Å². The first-order valence-electron chi connectivity index (χ1n) is 10.5. The summed E-state index contributed by atoms with van der Waals surface area (Å²) in [7, 11) is 0. The third kappa shape index (κ3) is 5.13. The molecule has 0 aliphatic heterocycles. The zero-order valence-corrected chi connectivity index (χ0v) is 19.1. The zero-order valence-electron chi connectivity index (χ0n) is 18.3. The molecule has 2 N–H and O–H groups in total. The minimum absolute atomic E-state index is 0.164. The topological polar surface area (TPSA) is 76.0 Å². The molecule has 4 rings (SSSR count). The molecule has 3 aromatic carbocycles. The maximum Gasteiger partial charge on any atom is 0.270 e. The molecule has 0 radical (unpaired) electrons. The van der Waals surface area contributed by atoms with Crippen molar-refractivity contribution in [3.05, 3.63) is 101 Å².